The van der Waals surface area contributed by atoms with E-state index >= 15 is 0 Å². The summed E-state index contributed by atoms with van der Waals surface area (Å²) in [7, 11) is 0. The van der Waals surface area contributed by atoms with Gasteiger partial charge >= 0.3 is 5.97 Å². The van der Waals surface area contributed by atoms with Gasteiger partial charge < -0.3 is 15.4 Å². The highest BCUT2D eigenvalue weighted by Crippen LogP contribution is 2.39. The Labute approximate surface area is 176 Å². The number of ether oxygens (including phenoxy) is 1. The maximum Gasteiger partial charge on any atom is 0.341 e. The minimum atomic E-state index is -1.83. The van der Waals surface area contributed by atoms with Crippen molar-refractivity contribution in [3.63, 3.8) is 0 Å². The van der Waals surface area contributed by atoms with Crippen molar-refractivity contribution in [3.05, 3.63) is 41.3 Å². The number of halogens is 3. The third-order valence-corrected chi connectivity index (χ3v) is 5.15. The van der Waals surface area contributed by atoms with Crippen LogP contribution in [-0.2, 0) is 9.53 Å². The van der Waals surface area contributed by atoms with Crippen molar-refractivity contribution in [2.24, 2.45) is 0 Å². The van der Waals surface area contributed by atoms with Gasteiger partial charge in [0.1, 0.15) is 16.7 Å². The lowest BCUT2D eigenvalue weighted by Gasteiger charge is -2.27. The predicted octanol–water partition coefficient (Wildman–Crippen LogP) is 5.23. The molecule has 2 rings (SSSR count). The van der Waals surface area contributed by atoms with Crippen molar-refractivity contribution in [1.82, 2.24) is 5.32 Å². The van der Waals surface area contributed by atoms with Crippen LogP contribution in [0.2, 0.25) is 0 Å². The maximum atomic E-state index is 12.6. The van der Waals surface area contributed by atoms with E-state index in [-0.39, 0.29) is 18.9 Å². The summed E-state index contributed by atoms with van der Waals surface area (Å²) in [5, 5.41) is 7.85. The molecule has 5 nitrogen and oxygen atoms in total. The third kappa shape index (κ3) is 5.75. The molecule has 1 unspecified atom stereocenters. The Bertz CT molecular complexity index is 791. The fourth-order valence-electron chi connectivity index (χ4n) is 2.29. The Morgan fingerprint density at radius 2 is 1.85 bits per heavy atom. The quantitative estimate of drug-likeness (QED) is 0.345. The molecule has 0 bridgehead atoms. The molecule has 0 fully saturated rings. The van der Waals surface area contributed by atoms with Crippen LogP contribution in [0, 0.1) is 0 Å². The van der Waals surface area contributed by atoms with E-state index in [1.54, 1.807) is 13.8 Å². The van der Waals surface area contributed by atoms with Gasteiger partial charge in [-0.2, -0.15) is 0 Å². The van der Waals surface area contributed by atoms with Crippen LogP contribution < -0.4 is 10.6 Å². The number of esters is 1. The van der Waals surface area contributed by atoms with Crippen molar-refractivity contribution in [2.75, 3.05) is 11.9 Å². The van der Waals surface area contributed by atoms with E-state index < -0.39 is 15.9 Å². The number of anilines is 1. The molecule has 0 aliphatic heterocycles. The summed E-state index contributed by atoms with van der Waals surface area (Å²) in [5.41, 5.74) is 1.89. The third-order valence-electron chi connectivity index (χ3n) is 3.58. The SMILES string of the molecule is CCOC(=O)c1c(-c2ccccc2)csc1NC(NC(=O)CC)C(Cl)(Cl)Cl. The number of carbonyl (C=O) groups is 2. The summed E-state index contributed by atoms with van der Waals surface area (Å²) in [5.74, 6) is -0.790. The van der Waals surface area contributed by atoms with Crippen LogP contribution in [0.15, 0.2) is 35.7 Å². The zero-order chi connectivity index (χ0) is 20.0. The first-order valence-corrected chi connectivity index (χ1v) is 10.3. The fraction of sp³-hybridized carbons (Fsp3) is 0.333. The van der Waals surface area contributed by atoms with E-state index in [1.807, 2.05) is 35.7 Å². The molecule has 1 aromatic heterocycles. The number of hydrogen-bond acceptors (Lipinski definition) is 5. The smallest absolute Gasteiger partial charge is 0.341 e. The summed E-state index contributed by atoms with van der Waals surface area (Å²) >= 11 is 19.3. The standard InChI is InChI=1S/C18H19Cl3N2O3S/c1-3-13(24)22-17(18(19,20)21)23-15-14(16(25)26-4-2)12(10-27-15)11-8-6-5-7-9-11/h5-10,17,23H,3-4H2,1-2H3,(H,22,24). The highest BCUT2D eigenvalue weighted by atomic mass is 35.6. The van der Waals surface area contributed by atoms with E-state index in [2.05, 4.69) is 10.6 Å². The van der Waals surface area contributed by atoms with Gasteiger partial charge in [0, 0.05) is 17.4 Å². The number of alkyl halides is 3. The summed E-state index contributed by atoms with van der Waals surface area (Å²) < 4.78 is 3.37. The largest absolute Gasteiger partial charge is 0.462 e. The van der Waals surface area contributed by atoms with Gasteiger partial charge in [0.2, 0.25) is 9.70 Å². The van der Waals surface area contributed by atoms with E-state index in [0.717, 1.165) is 5.56 Å². The lowest BCUT2D eigenvalue weighted by atomic mass is 10.0. The van der Waals surface area contributed by atoms with E-state index in [1.165, 1.54) is 11.3 Å². The summed E-state index contributed by atoms with van der Waals surface area (Å²) in [6.07, 6.45) is -0.797. The van der Waals surface area contributed by atoms with Gasteiger partial charge in [0.25, 0.3) is 0 Å². The Kier molecular flexibility index (Phi) is 7.79. The first-order valence-electron chi connectivity index (χ1n) is 8.24. The molecule has 0 spiro atoms. The monoisotopic (exact) mass is 448 g/mol. The molecule has 27 heavy (non-hydrogen) atoms. The molecule has 0 saturated heterocycles. The number of amides is 1. The Morgan fingerprint density at radius 3 is 2.41 bits per heavy atom. The van der Waals surface area contributed by atoms with Crippen LogP contribution in [0.5, 0.6) is 0 Å². The molecule has 2 aromatic rings. The second-order valence-corrected chi connectivity index (χ2v) is 8.73. The molecule has 9 heteroatoms. The van der Waals surface area contributed by atoms with Crippen LogP contribution in [0.3, 0.4) is 0 Å². The molecule has 1 heterocycles. The lowest BCUT2D eigenvalue weighted by Crippen LogP contribution is -2.49. The second kappa shape index (κ2) is 9.64. The average molecular weight is 450 g/mol. The van der Waals surface area contributed by atoms with Crippen molar-refractivity contribution >= 4 is 63.0 Å². The van der Waals surface area contributed by atoms with Crippen LogP contribution in [0.1, 0.15) is 30.6 Å². The Morgan fingerprint density at radius 1 is 1.19 bits per heavy atom. The van der Waals surface area contributed by atoms with Crippen molar-refractivity contribution in [1.29, 1.82) is 0 Å². The van der Waals surface area contributed by atoms with Gasteiger partial charge in [0.15, 0.2) is 0 Å². The van der Waals surface area contributed by atoms with E-state index in [0.29, 0.717) is 16.1 Å². The van der Waals surface area contributed by atoms with Crippen LogP contribution in [-0.4, -0.2) is 28.4 Å². The molecule has 1 amide bonds. The van der Waals surface area contributed by atoms with Gasteiger partial charge in [-0.1, -0.05) is 72.1 Å². The zero-order valence-electron chi connectivity index (χ0n) is 14.7. The van der Waals surface area contributed by atoms with Crippen molar-refractivity contribution in [2.45, 2.75) is 30.2 Å². The molecule has 1 aromatic carbocycles. The predicted molar refractivity (Wildman–Crippen MR) is 112 cm³/mol. The molecule has 0 aliphatic carbocycles. The van der Waals surface area contributed by atoms with Gasteiger partial charge in [-0.25, -0.2) is 4.79 Å². The Hall–Kier alpha value is -1.47. The van der Waals surface area contributed by atoms with Gasteiger partial charge in [-0.05, 0) is 12.5 Å². The zero-order valence-corrected chi connectivity index (χ0v) is 17.8. The average Bonchev–Trinajstić information content (AvgIpc) is 3.05. The normalized spacial score (nSPS) is 12.3. The Balaban J connectivity index is 2.44. The highest BCUT2D eigenvalue weighted by molar-refractivity contribution is 7.15. The van der Waals surface area contributed by atoms with Crippen molar-refractivity contribution < 1.29 is 14.3 Å². The number of benzene rings is 1. The van der Waals surface area contributed by atoms with Gasteiger partial charge in [-0.3, -0.25) is 4.79 Å². The van der Waals surface area contributed by atoms with Gasteiger partial charge in [0.05, 0.1) is 6.61 Å². The molecular formula is C18H19Cl3N2O3S. The number of carbonyl (C=O) groups excluding carboxylic acids is 2. The number of hydrogen-bond donors (Lipinski definition) is 2. The molecule has 0 aliphatic rings. The highest BCUT2D eigenvalue weighted by Gasteiger charge is 2.35. The molecule has 0 radical (unpaired) electrons. The first-order chi connectivity index (χ1) is 12.8. The first kappa shape index (κ1) is 21.8. The van der Waals surface area contributed by atoms with E-state index in [9.17, 15) is 9.59 Å². The lowest BCUT2D eigenvalue weighted by molar-refractivity contribution is -0.121. The van der Waals surface area contributed by atoms with Crippen LogP contribution in [0.25, 0.3) is 11.1 Å². The summed E-state index contributed by atoms with van der Waals surface area (Å²) in [6, 6.07) is 9.42. The molecular weight excluding hydrogens is 431 g/mol. The van der Waals surface area contributed by atoms with Crippen LogP contribution in [0.4, 0.5) is 5.00 Å². The summed E-state index contributed by atoms with van der Waals surface area (Å²) in [6.45, 7) is 3.64. The minimum absolute atomic E-state index is 0.225. The fourth-order valence-corrected chi connectivity index (χ4v) is 3.61. The van der Waals surface area contributed by atoms with E-state index in [4.69, 9.17) is 39.5 Å². The molecule has 0 saturated carbocycles. The minimum Gasteiger partial charge on any atom is -0.462 e. The van der Waals surface area contributed by atoms with Crippen LogP contribution >= 0.6 is 46.1 Å². The molecule has 146 valence electrons. The second-order valence-electron chi connectivity index (χ2n) is 5.48. The summed E-state index contributed by atoms with van der Waals surface area (Å²) in [4.78, 5) is 24.4. The number of nitrogens with one attached hydrogen (secondary N) is 2. The number of thiophene rings is 1. The maximum absolute atomic E-state index is 12.6. The molecule has 2 N–H and O–H groups in total. The van der Waals surface area contributed by atoms with Gasteiger partial charge in [-0.15, -0.1) is 11.3 Å². The molecule has 1 atom stereocenters. The topological polar surface area (TPSA) is 67.4 Å². The van der Waals surface area contributed by atoms with Crippen molar-refractivity contribution in [3.8, 4) is 11.1 Å². The number of rotatable bonds is 7.